The van der Waals surface area contributed by atoms with Crippen LogP contribution in [0.15, 0.2) is 71.5 Å². The maximum absolute atomic E-state index is 14.0. The van der Waals surface area contributed by atoms with Crippen LogP contribution in [0.25, 0.3) is 33.4 Å². The zero-order valence-electron chi connectivity index (χ0n) is 21.6. The second kappa shape index (κ2) is 11.3. The van der Waals surface area contributed by atoms with Gasteiger partial charge in [-0.25, -0.2) is 4.98 Å². The molecule has 1 aliphatic heterocycles. The average molecular weight is 520 g/mol. The van der Waals surface area contributed by atoms with Gasteiger partial charge in [0.2, 0.25) is 0 Å². The lowest BCUT2D eigenvalue weighted by Gasteiger charge is -2.32. The van der Waals surface area contributed by atoms with Crippen molar-refractivity contribution in [2.75, 3.05) is 26.7 Å². The van der Waals surface area contributed by atoms with Crippen LogP contribution >= 0.6 is 0 Å². The molecule has 1 aliphatic rings. The predicted octanol–water partition coefficient (Wildman–Crippen LogP) is 6.07. The van der Waals surface area contributed by atoms with Crippen molar-refractivity contribution in [1.82, 2.24) is 14.5 Å². The summed E-state index contributed by atoms with van der Waals surface area (Å²) in [4.78, 5) is 21.3. The number of likely N-dealkylation sites (tertiary alicyclic amines) is 1. The molecule has 0 amide bonds. The third-order valence-corrected chi connectivity index (χ3v) is 7.19. The number of hydrogen-bond donors (Lipinski definition) is 0. The van der Waals surface area contributed by atoms with Gasteiger partial charge in [0.05, 0.1) is 18.0 Å². The molecule has 5 rings (SSSR count). The van der Waals surface area contributed by atoms with Crippen molar-refractivity contribution >= 4 is 10.9 Å². The van der Waals surface area contributed by atoms with Crippen LogP contribution in [-0.4, -0.2) is 47.8 Å². The van der Waals surface area contributed by atoms with Crippen LogP contribution in [0.5, 0.6) is 11.5 Å². The third kappa shape index (κ3) is 5.55. The Labute approximate surface area is 220 Å². The first kappa shape index (κ1) is 25.9. The van der Waals surface area contributed by atoms with Crippen molar-refractivity contribution in [3.8, 4) is 34.0 Å². The highest BCUT2D eigenvalue weighted by molar-refractivity contribution is 5.85. The third-order valence-electron chi connectivity index (χ3n) is 7.19. The van der Waals surface area contributed by atoms with Crippen molar-refractivity contribution in [2.24, 2.45) is 5.92 Å². The van der Waals surface area contributed by atoms with Gasteiger partial charge in [-0.1, -0.05) is 25.1 Å². The zero-order valence-corrected chi connectivity index (χ0v) is 21.6. The number of rotatable bonds is 8. The van der Waals surface area contributed by atoms with E-state index in [-0.39, 0.29) is 11.3 Å². The maximum Gasteiger partial charge on any atom is 0.387 e. The minimum absolute atomic E-state index is 0.0623. The number of nitrogens with zero attached hydrogens (tertiary/aromatic N) is 3. The van der Waals surface area contributed by atoms with Gasteiger partial charge in [-0.15, -0.1) is 0 Å². The van der Waals surface area contributed by atoms with E-state index in [1.807, 2.05) is 42.5 Å². The topological polar surface area (TPSA) is 56.6 Å². The summed E-state index contributed by atoms with van der Waals surface area (Å²) in [5, 5.41) is 0.537. The van der Waals surface area contributed by atoms with E-state index >= 15 is 0 Å². The summed E-state index contributed by atoms with van der Waals surface area (Å²) in [6.45, 7) is 2.76. The first-order valence-electron chi connectivity index (χ1n) is 12.9. The fraction of sp³-hybridized carbons (Fsp3) is 0.333. The van der Waals surface area contributed by atoms with E-state index < -0.39 is 6.61 Å². The Hall–Kier alpha value is -3.78. The summed E-state index contributed by atoms with van der Waals surface area (Å²) >= 11 is 0. The molecule has 38 heavy (non-hydrogen) atoms. The van der Waals surface area contributed by atoms with Crippen LogP contribution in [0.4, 0.5) is 8.78 Å². The molecular formula is C30H31F2N3O3. The molecule has 0 spiro atoms. The Balaban J connectivity index is 1.61. The summed E-state index contributed by atoms with van der Waals surface area (Å²) in [7, 11) is 1.63. The quantitative estimate of drug-likeness (QED) is 0.283. The fourth-order valence-corrected chi connectivity index (χ4v) is 5.22. The molecule has 0 aliphatic carbocycles. The lowest BCUT2D eigenvalue weighted by Crippen LogP contribution is -2.38. The number of halogens is 2. The molecule has 1 fully saturated rings. The molecule has 0 saturated carbocycles. The number of fused-ring (bicyclic) bond motifs is 1. The summed E-state index contributed by atoms with van der Waals surface area (Å²) in [6.07, 6.45) is 2.12. The molecule has 1 aromatic heterocycles. The van der Waals surface area contributed by atoms with Gasteiger partial charge in [0.15, 0.2) is 0 Å². The Morgan fingerprint density at radius 2 is 1.76 bits per heavy atom. The number of benzene rings is 3. The second-order valence-corrected chi connectivity index (χ2v) is 9.62. The standard InChI is InChI=1S/C30H31F2N3O3/c1-3-34-15-5-6-20(18-34)19-35-28(21-9-12-24(13-10-21)38-30(31)32)33-27-14-11-23(17-26(27)29(35)36)22-7-4-8-25(16-22)37-2/h4,7-14,16-17,20,30H,3,5-6,15,18-19H2,1-2H3. The lowest BCUT2D eigenvalue weighted by atomic mass is 9.97. The molecule has 1 atom stereocenters. The first-order chi connectivity index (χ1) is 18.4. The van der Waals surface area contributed by atoms with Crippen LogP contribution in [0, 0.1) is 5.92 Å². The van der Waals surface area contributed by atoms with E-state index in [1.54, 1.807) is 23.8 Å². The van der Waals surface area contributed by atoms with E-state index in [4.69, 9.17) is 9.72 Å². The summed E-state index contributed by atoms with van der Waals surface area (Å²) in [5.74, 6) is 1.63. The highest BCUT2D eigenvalue weighted by atomic mass is 19.3. The molecule has 0 radical (unpaired) electrons. The van der Waals surface area contributed by atoms with Crippen molar-refractivity contribution in [3.05, 3.63) is 77.1 Å². The van der Waals surface area contributed by atoms with Gasteiger partial charge >= 0.3 is 6.61 Å². The fourth-order valence-electron chi connectivity index (χ4n) is 5.22. The Bertz CT molecular complexity index is 1470. The van der Waals surface area contributed by atoms with Crippen molar-refractivity contribution in [1.29, 1.82) is 0 Å². The van der Waals surface area contributed by atoms with Gasteiger partial charge in [-0.05, 0) is 91.5 Å². The van der Waals surface area contributed by atoms with E-state index in [1.165, 1.54) is 12.1 Å². The molecule has 198 valence electrons. The Kier molecular flexibility index (Phi) is 7.69. The van der Waals surface area contributed by atoms with Gasteiger partial charge in [0, 0.05) is 18.7 Å². The van der Waals surface area contributed by atoms with Gasteiger partial charge in [-0.3, -0.25) is 9.36 Å². The second-order valence-electron chi connectivity index (χ2n) is 9.62. The molecule has 6 nitrogen and oxygen atoms in total. The SMILES string of the molecule is CCN1CCCC(Cn2c(-c3ccc(OC(F)F)cc3)nc3ccc(-c4cccc(OC)c4)cc3c2=O)C1. The van der Waals surface area contributed by atoms with Gasteiger partial charge in [-0.2, -0.15) is 8.78 Å². The molecular weight excluding hydrogens is 488 g/mol. The molecule has 4 aromatic rings. The van der Waals surface area contributed by atoms with E-state index in [2.05, 4.69) is 16.6 Å². The van der Waals surface area contributed by atoms with Crippen LogP contribution in [0.1, 0.15) is 19.8 Å². The number of methoxy groups -OCH3 is 1. The minimum Gasteiger partial charge on any atom is -0.497 e. The minimum atomic E-state index is -2.90. The highest BCUT2D eigenvalue weighted by Crippen LogP contribution is 2.29. The summed E-state index contributed by atoms with van der Waals surface area (Å²) in [5.41, 5.74) is 2.99. The average Bonchev–Trinajstić information content (AvgIpc) is 2.94. The number of alkyl halides is 2. The highest BCUT2D eigenvalue weighted by Gasteiger charge is 2.22. The largest absolute Gasteiger partial charge is 0.497 e. The Morgan fingerprint density at radius 1 is 1.00 bits per heavy atom. The van der Waals surface area contributed by atoms with Crippen molar-refractivity contribution in [2.45, 2.75) is 32.9 Å². The van der Waals surface area contributed by atoms with Crippen molar-refractivity contribution < 1.29 is 18.3 Å². The Morgan fingerprint density at radius 3 is 2.50 bits per heavy atom. The van der Waals surface area contributed by atoms with Crippen LogP contribution in [-0.2, 0) is 6.54 Å². The van der Waals surface area contributed by atoms with Gasteiger partial charge < -0.3 is 14.4 Å². The van der Waals surface area contributed by atoms with Crippen LogP contribution in [0.2, 0.25) is 0 Å². The predicted molar refractivity (Wildman–Crippen MR) is 145 cm³/mol. The maximum atomic E-state index is 14.0. The van der Waals surface area contributed by atoms with Crippen LogP contribution < -0.4 is 15.0 Å². The number of piperidine rings is 1. The van der Waals surface area contributed by atoms with E-state index in [0.717, 1.165) is 49.4 Å². The molecule has 1 unspecified atom stereocenters. The number of ether oxygens (including phenoxy) is 2. The van der Waals surface area contributed by atoms with Gasteiger partial charge in [0.1, 0.15) is 17.3 Å². The van der Waals surface area contributed by atoms with Crippen LogP contribution in [0.3, 0.4) is 0 Å². The monoisotopic (exact) mass is 519 g/mol. The number of aromatic nitrogens is 2. The molecule has 0 bridgehead atoms. The molecule has 3 aromatic carbocycles. The zero-order chi connectivity index (χ0) is 26.6. The molecule has 0 N–H and O–H groups in total. The normalized spacial score (nSPS) is 16.2. The first-order valence-corrected chi connectivity index (χ1v) is 12.9. The van der Waals surface area contributed by atoms with E-state index in [9.17, 15) is 13.6 Å². The smallest absolute Gasteiger partial charge is 0.387 e. The molecule has 8 heteroatoms. The molecule has 2 heterocycles. The molecule has 1 saturated heterocycles. The number of hydrogen-bond acceptors (Lipinski definition) is 5. The summed E-state index contributed by atoms with van der Waals surface area (Å²) < 4.78 is 37.0. The van der Waals surface area contributed by atoms with E-state index in [0.29, 0.717) is 34.8 Å². The summed E-state index contributed by atoms with van der Waals surface area (Å²) in [6, 6.07) is 19.7. The van der Waals surface area contributed by atoms with Gasteiger partial charge in [0.25, 0.3) is 5.56 Å². The van der Waals surface area contributed by atoms with Crippen molar-refractivity contribution in [3.63, 3.8) is 0 Å². The lowest BCUT2D eigenvalue weighted by molar-refractivity contribution is -0.0498.